The number of aliphatic hydroxyl groups is 2. The van der Waals surface area contributed by atoms with E-state index in [9.17, 15) is 29.4 Å². The Hall–Kier alpha value is -2.20. The molecule has 4 atom stereocenters. The molecule has 0 rings (SSSR count). The van der Waals surface area contributed by atoms with E-state index in [1.807, 2.05) is 0 Å². The topological polar surface area (TPSA) is 151 Å². The summed E-state index contributed by atoms with van der Waals surface area (Å²) >= 11 is 0. The molecule has 0 heterocycles. The van der Waals surface area contributed by atoms with Gasteiger partial charge in [0.05, 0.1) is 14.2 Å². The van der Waals surface area contributed by atoms with E-state index in [1.165, 1.54) is 0 Å². The summed E-state index contributed by atoms with van der Waals surface area (Å²) in [6, 6.07) is -2.12. The quantitative estimate of drug-likeness (QED) is 0.349. The molecule has 0 aliphatic rings. The van der Waals surface area contributed by atoms with Crippen LogP contribution in [0.4, 0.5) is 0 Å². The normalized spacial score (nSPS) is 15.6. The van der Waals surface area contributed by atoms with Gasteiger partial charge in [-0.3, -0.25) is 9.59 Å². The summed E-state index contributed by atoms with van der Waals surface area (Å²) in [6.45, 7) is 6.56. The van der Waals surface area contributed by atoms with Crippen LogP contribution in [0.15, 0.2) is 0 Å². The van der Waals surface area contributed by atoms with Gasteiger partial charge in [-0.1, -0.05) is 27.7 Å². The van der Waals surface area contributed by atoms with Crippen molar-refractivity contribution >= 4 is 23.8 Å². The van der Waals surface area contributed by atoms with Gasteiger partial charge < -0.3 is 30.3 Å². The van der Waals surface area contributed by atoms with Crippen molar-refractivity contribution in [3.8, 4) is 0 Å². The highest BCUT2D eigenvalue weighted by molar-refractivity contribution is 5.94. The van der Waals surface area contributed by atoms with Gasteiger partial charge in [0.1, 0.15) is 12.1 Å². The molecule has 0 fully saturated rings. The largest absolute Gasteiger partial charge is 0.467 e. The second-order valence-corrected chi connectivity index (χ2v) is 6.40. The van der Waals surface area contributed by atoms with Crippen LogP contribution < -0.4 is 10.6 Å². The second-order valence-electron chi connectivity index (χ2n) is 6.40. The van der Waals surface area contributed by atoms with E-state index in [-0.39, 0.29) is 11.8 Å². The monoisotopic (exact) mass is 376 g/mol. The Morgan fingerprint density at radius 3 is 1.15 bits per heavy atom. The van der Waals surface area contributed by atoms with Crippen molar-refractivity contribution in [1.29, 1.82) is 0 Å². The van der Waals surface area contributed by atoms with E-state index in [0.717, 1.165) is 14.2 Å². The maximum absolute atomic E-state index is 12.0. The average molecular weight is 376 g/mol. The van der Waals surface area contributed by atoms with Gasteiger partial charge in [-0.15, -0.1) is 0 Å². The first-order valence-electron chi connectivity index (χ1n) is 8.10. The van der Waals surface area contributed by atoms with Gasteiger partial charge in [0, 0.05) is 0 Å². The molecule has 4 N–H and O–H groups in total. The Kier molecular flexibility index (Phi) is 9.81. The van der Waals surface area contributed by atoms with Gasteiger partial charge in [-0.25, -0.2) is 9.59 Å². The molecule has 0 unspecified atom stereocenters. The molecule has 0 aromatic heterocycles. The standard InChI is InChI=1S/C16H28N2O8/c1-7(2)9(15(23)25-5)17-13(21)11(19)12(20)14(22)18-10(8(3)4)16(24)26-6/h7-12,19-20H,1-6H3,(H,17,21)(H,18,22)/t9-,10-,11+,12+/m0/s1. The van der Waals surface area contributed by atoms with Crippen molar-refractivity contribution in [2.24, 2.45) is 11.8 Å². The van der Waals surface area contributed by atoms with E-state index in [1.54, 1.807) is 27.7 Å². The Morgan fingerprint density at radius 1 is 0.692 bits per heavy atom. The molecule has 0 radical (unpaired) electrons. The van der Waals surface area contributed by atoms with E-state index in [0.29, 0.717) is 0 Å². The molecule has 0 saturated carbocycles. The van der Waals surface area contributed by atoms with Crippen LogP contribution in [-0.2, 0) is 28.7 Å². The van der Waals surface area contributed by atoms with Crippen LogP contribution in [0.5, 0.6) is 0 Å². The van der Waals surface area contributed by atoms with Crippen LogP contribution >= 0.6 is 0 Å². The van der Waals surface area contributed by atoms with Crippen LogP contribution in [0.1, 0.15) is 27.7 Å². The molecule has 10 nitrogen and oxygen atoms in total. The number of esters is 2. The van der Waals surface area contributed by atoms with Crippen molar-refractivity contribution in [1.82, 2.24) is 10.6 Å². The van der Waals surface area contributed by atoms with Crippen molar-refractivity contribution in [3.05, 3.63) is 0 Å². The lowest BCUT2D eigenvalue weighted by Gasteiger charge is -2.25. The minimum atomic E-state index is -2.15. The zero-order valence-electron chi connectivity index (χ0n) is 15.8. The van der Waals surface area contributed by atoms with Gasteiger partial charge in [-0.2, -0.15) is 0 Å². The Labute approximate surface area is 152 Å². The molecule has 150 valence electrons. The van der Waals surface area contributed by atoms with Gasteiger partial charge in [0.15, 0.2) is 12.2 Å². The lowest BCUT2D eigenvalue weighted by molar-refractivity contribution is -0.153. The number of rotatable bonds is 9. The first-order chi connectivity index (χ1) is 12.0. The van der Waals surface area contributed by atoms with Crippen LogP contribution in [-0.4, -0.2) is 72.5 Å². The van der Waals surface area contributed by atoms with Gasteiger partial charge in [0.25, 0.3) is 11.8 Å². The molecular weight excluding hydrogens is 348 g/mol. The first kappa shape index (κ1) is 23.8. The SMILES string of the molecule is COC(=O)[C@@H](NC(=O)[C@H](O)[C@@H](O)C(=O)N[C@H](C(=O)OC)C(C)C)C(C)C. The number of aliphatic hydroxyl groups excluding tert-OH is 2. The Morgan fingerprint density at radius 2 is 0.962 bits per heavy atom. The Bertz CT molecular complexity index is 474. The van der Waals surface area contributed by atoms with Crippen LogP contribution in [0.25, 0.3) is 0 Å². The molecule has 0 bridgehead atoms. The van der Waals surface area contributed by atoms with Crippen molar-refractivity contribution in [3.63, 3.8) is 0 Å². The maximum Gasteiger partial charge on any atom is 0.328 e. The molecule has 0 aromatic carbocycles. The molecule has 0 aliphatic carbocycles. The zero-order valence-corrected chi connectivity index (χ0v) is 15.8. The molecule has 0 aromatic rings. The molecule has 26 heavy (non-hydrogen) atoms. The molecule has 0 aliphatic heterocycles. The van der Waals surface area contributed by atoms with Crippen molar-refractivity contribution in [2.45, 2.75) is 52.0 Å². The van der Waals surface area contributed by atoms with E-state index in [2.05, 4.69) is 20.1 Å². The highest BCUT2D eigenvalue weighted by atomic mass is 16.5. The fourth-order valence-electron chi connectivity index (χ4n) is 2.01. The number of hydrogen-bond donors (Lipinski definition) is 4. The molecular formula is C16H28N2O8. The molecule has 0 spiro atoms. The van der Waals surface area contributed by atoms with Gasteiger partial charge >= 0.3 is 11.9 Å². The first-order valence-corrected chi connectivity index (χ1v) is 8.10. The number of carbonyl (C=O) groups is 4. The number of hydrogen-bond acceptors (Lipinski definition) is 8. The summed E-state index contributed by atoms with van der Waals surface area (Å²) in [5, 5.41) is 24.2. The third-order valence-electron chi connectivity index (χ3n) is 3.68. The molecule has 0 saturated heterocycles. The summed E-state index contributed by atoms with van der Waals surface area (Å²) < 4.78 is 9.10. The lowest BCUT2D eigenvalue weighted by Crippen LogP contribution is -2.56. The van der Waals surface area contributed by atoms with Crippen molar-refractivity contribution in [2.75, 3.05) is 14.2 Å². The third-order valence-corrected chi connectivity index (χ3v) is 3.68. The zero-order chi connectivity index (χ0) is 20.6. The van der Waals surface area contributed by atoms with E-state index in [4.69, 9.17) is 0 Å². The van der Waals surface area contributed by atoms with Crippen molar-refractivity contribution < 1.29 is 38.9 Å². The summed E-state index contributed by atoms with van der Waals surface area (Å²) in [5.41, 5.74) is 0. The predicted molar refractivity (Wildman–Crippen MR) is 89.6 cm³/mol. The minimum absolute atomic E-state index is 0.353. The number of amides is 2. The number of ether oxygens (including phenoxy) is 2. The number of nitrogens with one attached hydrogen (secondary N) is 2. The van der Waals surface area contributed by atoms with E-state index >= 15 is 0 Å². The molecule has 2 amide bonds. The second kappa shape index (κ2) is 10.7. The van der Waals surface area contributed by atoms with Gasteiger partial charge in [-0.05, 0) is 11.8 Å². The smallest absolute Gasteiger partial charge is 0.328 e. The fourth-order valence-corrected chi connectivity index (χ4v) is 2.01. The summed E-state index contributed by atoms with van der Waals surface area (Å²) in [7, 11) is 2.28. The van der Waals surface area contributed by atoms with Crippen LogP contribution in [0.2, 0.25) is 0 Å². The summed E-state index contributed by atoms with van der Waals surface area (Å²) in [4.78, 5) is 47.3. The maximum atomic E-state index is 12.0. The minimum Gasteiger partial charge on any atom is -0.467 e. The number of carbonyl (C=O) groups excluding carboxylic acids is 4. The molecule has 10 heteroatoms. The van der Waals surface area contributed by atoms with E-state index < -0.39 is 48.0 Å². The lowest BCUT2D eigenvalue weighted by atomic mass is 10.0. The van der Waals surface area contributed by atoms with Crippen LogP contribution in [0, 0.1) is 11.8 Å². The average Bonchev–Trinajstić information content (AvgIpc) is 2.60. The van der Waals surface area contributed by atoms with Gasteiger partial charge in [0.2, 0.25) is 0 Å². The third kappa shape index (κ3) is 6.60. The van der Waals surface area contributed by atoms with Crippen LogP contribution in [0.3, 0.4) is 0 Å². The predicted octanol–water partition coefficient (Wildman–Crippen LogP) is -1.66. The number of methoxy groups -OCH3 is 2. The highest BCUT2D eigenvalue weighted by Crippen LogP contribution is 2.07. The Balaban J connectivity index is 5.03. The fraction of sp³-hybridized carbons (Fsp3) is 0.750. The summed E-state index contributed by atoms with van der Waals surface area (Å²) in [6.07, 6.45) is -4.29. The summed E-state index contributed by atoms with van der Waals surface area (Å²) in [5.74, 6) is -4.43. The highest BCUT2D eigenvalue weighted by Gasteiger charge is 2.36.